The zero-order valence-electron chi connectivity index (χ0n) is 9.40. The molecular weight excluding hydrogens is 290 g/mol. The van der Waals surface area contributed by atoms with Gasteiger partial charge in [0.05, 0.1) is 14.2 Å². The normalized spacial score (nSPS) is 11.7. The lowest BCUT2D eigenvalue weighted by Crippen LogP contribution is -2.17. The van der Waals surface area contributed by atoms with Gasteiger partial charge in [-0.3, -0.25) is 4.79 Å². The minimum Gasteiger partial charge on any atom is -0.496 e. The quantitative estimate of drug-likeness (QED) is 0.673. The van der Waals surface area contributed by atoms with Gasteiger partial charge >= 0.3 is 5.97 Å². The first kappa shape index (κ1) is 13.5. The highest BCUT2D eigenvalue weighted by Gasteiger charge is 2.18. The number of hydrogen-bond donors (Lipinski definition) is 1. The van der Waals surface area contributed by atoms with Crippen molar-refractivity contribution in [1.82, 2.24) is 0 Å². The van der Waals surface area contributed by atoms with Gasteiger partial charge in [-0.05, 0) is 17.7 Å². The summed E-state index contributed by atoms with van der Waals surface area (Å²) in [4.78, 5) is 21.8. The van der Waals surface area contributed by atoms with E-state index in [-0.39, 0.29) is 0 Å². The van der Waals surface area contributed by atoms with E-state index in [9.17, 15) is 9.59 Å². The molecule has 1 atom stereocenters. The van der Waals surface area contributed by atoms with Crippen LogP contribution in [0.1, 0.15) is 20.7 Å². The molecule has 0 aliphatic heterocycles. The lowest BCUT2D eigenvalue weighted by molar-refractivity contribution is -0.117. The first-order valence-electron chi connectivity index (χ1n) is 4.71. The summed E-state index contributed by atoms with van der Waals surface area (Å²) in [6, 6.07) is 4.70. The highest BCUT2D eigenvalue weighted by atomic mass is 79.9. The molecular formula is C11H12BrNO4. The monoisotopic (exact) mass is 301 g/mol. The van der Waals surface area contributed by atoms with Crippen molar-refractivity contribution in [3.63, 3.8) is 0 Å². The van der Waals surface area contributed by atoms with Gasteiger partial charge < -0.3 is 15.2 Å². The van der Waals surface area contributed by atoms with E-state index in [1.165, 1.54) is 20.3 Å². The molecule has 1 amide bonds. The molecule has 0 aromatic heterocycles. The van der Waals surface area contributed by atoms with E-state index in [1.807, 2.05) is 0 Å². The molecule has 6 heteroatoms. The van der Waals surface area contributed by atoms with E-state index in [4.69, 9.17) is 10.5 Å². The summed E-state index contributed by atoms with van der Waals surface area (Å²) in [6.45, 7) is 0. The van der Waals surface area contributed by atoms with Crippen molar-refractivity contribution in [3.05, 3.63) is 29.3 Å². The van der Waals surface area contributed by atoms with Gasteiger partial charge in [-0.1, -0.05) is 22.0 Å². The summed E-state index contributed by atoms with van der Waals surface area (Å²) >= 11 is 3.15. The summed E-state index contributed by atoms with van der Waals surface area (Å²) in [5.41, 5.74) is 6.07. The van der Waals surface area contributed by atoms with Crippen LogP contribution in [-0.2, 0) is 9.53 Å². The van der Waals surface area contributed by atoms with Gasteiger partial charge in [-0.25, -0.2) is 4.79 Å². The van der Waals surface area contributed by atoms with Gasteiger partial charge in [-0.2, -0.15) is 0 Å². The first-order valence-corrected chi connectivity index (χ1v) is 5.62. The van der Waals surface area contributed by atoms with E-state index in [2.05, 4.69) is 20.7 Å². The molecule has 2 N–H and O–H groups in total. The molecule has 0 aliphatic carbocycles. The van der Waals surface area contributed by atoms with Crippen LogP contribution in [0.2, 0.25) is 0 Å². The second kappa shape index (κ2) is 5.67. The molecule has 1 aromatic carbocycles. The topological polar surface area (TPSA) is 78.6 Å². The Bertz CT molecular complexity index is 447. The number of carbonyl (C=O) groups is 2. The number of esters is 1. The molecule has 0 radical (unpaired) electrons. The van der Waals surface area contributed by atoms with Gasteiger partial charge in [0.2, 0.25) is 5.91 Å². The SMILES string of the molecule is COC(=O)c1ccc(C(Br)C(N)=O)cc1OC. The Morgan fingerprint density at radius 1 is 1.35 bits per heavy atom. The lowest BCUT2D eigenvalue weighted by atomic mass is 10.1. The number of carbonyl (C=O) groups excluding carboxylic acids is 2. The second-order valence-electron chi connectivity index (χ2n) is 3.22. The van der Waals surface area contributed by atoms with Crippen LogP contribution in [0.3, 0.4) is 0 Å². The van der Waals surface area contributed by atoms with Crippen molar-refractivity contribution in [3.8, 4) is 5.75 Å². The number of nitrogens with two attached hydrogens (primary N) is 1. The summed E-state index contributed by atoms with van der Waals surface area (Å²) in [7, 11) is 2.71. The van der Waals surface area contributed by atoms with Crippen LogP contribution in [0.15, 0.2) is 18.2 Å². The maximum absolute atomic E-state index is 11.4. The molecule has 0 saturated carbocycles. The molecule has 92 valence electrons. The van der Waals surface area contributed by atoms with E-state index in [0.717, 1.165) is 0 Å². The highest BCUT2D eigenvalue weighted by Crippen LogP contribution is 2.28. The molecule has 0 spiro atoms. The zero-order valence-corrected chi connectivity index (χ0v) is 11.0. The number of ether oxygens (including phenoxy) is 2. The predicted octanol–water partition coefficient (Wildman–Crippen LogP) is 1.40. The van der Waals surface area contributed by atoms with Crippen molar-refractivity contribution in [2.75, 3.05) is 14.2 Å². The number of methoxy groups -OCH3 is 2. The Balaban J connectivity index is 3.17. The summed E-state index contributed by atoms with van der Waals surface area (Å²) < 4.78 is 9.67. The van der Waals surface area contributed by atoms with Gasteiger partial charge in [0, 0.05) is 0 Å². The molecule has 1 unspecified atom stereocenters. The zero-order chi connectivity index (χ0) is 13.0. The van der Waals surface area contributed by atoms with Crippen molar-refractivity contribution >= 4 is 27.8 Å². The summed E-state index contributed by atoms with van der Waals surface area (Å²) in [6.07, 6.45) is 0. The maximum Gasteiger partial charge on any atom is 0.341 e. The fourth-order valence-corrected chi connectivity index (χ4v) is 1.59. The largest absolute Gasteiger partial charge is 0.496 e. The molecule has 0 aliphatic rings. The van der Waals surface area contributed by atoms with E-state index in [1.54, 1.807) is 12.1 Å². The van der Waals surface area contributed by atoms with E-state index >= 15 is 0 Å². The Hall–Kier alpha value is -1.56. The molecule has 0 saturated heterocycles. The first-order chi connectivity index (χ1) is 8.01. The average molecular weight is 302 g/mol. The Labute approximate surface area is 107 Å². The van der Waals surface area contributed by atoms with Gasteiger partial charge in [0.1, 0.15) is 16.1 Å². The number of rotatable bonds is 4. The molecule has 17 heavy (non-hydrogen) atoms. The molecule has 1 aromatic rings. The van der Waals surface area contributed by atoms with Crippen molar-refractivity contribution in [2.45, 2.75) is 4.83 Å². The van der Waals surface area contributed by atoms with Gasteiger partial charge in [-0.15, -0.1) is 0 Å². The Morgan fingerprint density at radius 2 is 2.00 bits per heavy atom. The third-order valence-corrected chi connectivity index (χ3v) is 3.15. The fraction of sp³-hybridized carbons (Fsp3) is 0.273. The standard InChI is InChI=1S/C11H12BrNO4/c1-16-8-5-6(9(12)10(13)14)3-4-7(8)11(15)17-2/h3-5,9H,1-2H3,(H2,13,14). The van der Waals surface area contributed by atoms with Crippen molar-refractivity contribution in [2.24, 2.45) is 5.73 Å². The van der Waals surface area contributed by atoms with Gasteiger partial charge in [0.25, 0.3) is 0 Å². The number of primary amides is 1. The Kier molecular flexibility index (Phi) is 4.51. The molecule has 1 rings (SSSR count). The Morgan fingerprint density at radius 3 is 2.47 bits per heavy atom. The highest BCUT2D eigenvalue weighted by molar-refractivity contribution is 9.09. The number of amides is 1. The maximum atomic E-state index is 11.4. The van der Waals surface area contributed by atoms with Crippen molar-refractivity contribution in [1.29, 1.82) is 0 Å². The third kappa shape index (κ3) is 2.97. The van der Waals surface area contributed by atoms with Crippen LogP contribution < -0.4 is 10.5 Å². The number of halogens is 1. The van der Waals surface area contributed by atoms with E-state index < -0.39 is 16.7 Å². The molecule has 0 fully saturated rings. The lowest BCUT2D eigenvalue weighted by Gasteiger charge is -2.11. The second-order valence-corrected chi connectivity index (χ2v) is 4.13. The molecule has 0 heterocycles. The van der Waals surface area contributed by atoms with Crippen LogP contribution in [0.25, 0.3) is 0 Å². The predicted molar refractivity (Wildman–Crippen MR) is 65.2 cm³/mol. The number of alkyl halides is 1. The summed E-state index contributed by atoms with van der Waals surface area (Å²) in [5.74, 6) is -0.684. The van der Waals surface area contributed by atoms with Crippen LogP contribution in [0.5, 0.6) is 5.75 Å². The van der Waals surface area contributed by atoms with Gasteiger partial charge in [0.15, 0.2) is 0 Å². The number of benzene rings is 1. The average Bonchev–Trinajstić information content (AvgIpc) is 2.35. The van der Waals surface area contributed by atoms with Crippen LogP contribution in [-0.4, -0.2) is 26.1 Å². The fourth-order valence-electron chi connectivity index (χ4n) is 1.31. The van der Waals surface area contributed by atoms with E-state index in [0.29, 0.717) is 16.9 Å². The van der Waals surface area contributed by atoms with Crippen LogP contribution >= 0.6 is 15.9 Å². The number of hydrogen-bond acceptors (Lipinski definition) is 4. The minimum absolute atomic E-state index is 0.294. The summed E-state index contributed by atoms with van der Waals surface area (Å²) in [5, 5.41) is 0. The van der Waals surface area contributed by atoms with Crippen molar-refractivity contribution < 1.29 is 19.1 Å². The van der Waals surface area contributed by atoms with Crippen LogP contribution in [0, 0.1) is 0 Å². The molecule has 5 nitrogen and oxygen atoms in total. The minimum atomic E-state index is -0.622. The smallest absolute Gasteiger partial charge is 0.341 e. The third-order valence-electron chi connectivity index (χ3n) is 2.17. The van der Waals surface area contributed by atoms with Crippen LogP contribution in [0.4, 0.5) is 0 Å². The molecule has 0 bridgehead atoms.